The Bertz CT molecular complexity index is 564. The minimum absolute atomic E-state index is 0.0546. The first-order valence-electron chi connectivity index (χ1n) is 6.98. The zero-order valence-electron chi connectivity index (χ0n) is 12.2. The van der Waals surface area contributed by atoms with Gasteiger partial charge in [0, 0.05) is 5.56 Å². The van der Waals surface area contributed by atoms with E-state index in [4.69, 9.17) is 0 Å². The summed E-state index contributed by atoms with van der Waals surface area (Å²) in [5.41, 5.74) is 1.39. The molecule has 0 aliphatic rings. The van der Waals surface area contributed by atoms with Crippen LogP contribution in [0.3, 0.4) is 0 Å². The summed E-state index contributed by atoms with van der Waals surface area (Å²) in [7, 11) is 0. The SMILES string of the molecule is CC(C)CC(CO)NC(=O)c1ccc(-n2ccnn2)cc1. The third kappa shape index (κ3) is 4.13. The van der Waals surface area contributed by atoms with Crippen molar-refractivity contribution in [1.29, 1.82) is 0 Å². The van der Waals surface area contributed by atoms with E-state index in [0.717, 1.165) is 12.1 Å². The Morgan fingerprint density at radius 2 is 2.05 bits per heavy atom. The molecule has 6 nitrogen and oxygen atoms in total. The average molecular weight is 288 g/mol. The van der Waals surface area contributed by atoms with E-state index in [1.165, 1.54) is 0 Å². The Morgan fingerprint density at radius 1 is 1.33 bits per heavy atom. The van der Waals surface area contributed by atoms with Crippen molar-refractivity contribution in [3.8, 4) is 5.69 Å². The van der Waals surface area contributed by atoms with Gasteiger partial charge in [-0.1, -0.05) is 19.1 Å². The lowest BCUT2D eigenvalue weighted by Gasteiger charge is -2.18. The van der Waals surface area contributed by atoms with Gasteiger partial charge in [0.2, 0.25) is 0 Å². The highest BCUT2D eigenvalue weighted by molar-refractivity contribution is 5.94. The molecule has 0 spiro atoms. The first kappa shape index (κ1) is 15.2. The predicted molar refractivity (Wildman–Crippen MR) is 79.2 cm³/mol. The van der Waals surface area contributed by atoms with Crippen molar-refractivity contribution >= 4 is 5.91 Å². The van der Waals surface area contributed by atoms with Gasteiger partial charge >= 0.3 is 0 Å². The Kier molecular flexibility index (Phi) is 5.05. The van der Waals surface area contributed by atoms with Gasteiger partial charge in [0.1, 0.15) is 0 Å². The van der Waals surface area contributed by atoms with Crippen molar-refractivity contribution < 1.29 is 9.90 Å². The fourth-order valence-electron chi connectivity index (χ4n) is 2.13. The van der Waals surface area contributed by atoms with Gasteiger partial charge in [-0.15, -0.1) is 5.10 Å². The Labute approximate surface area is 123 Å². The van der Waals surface area contributed by atoms with Crippen LogP contribution in [0.4, 0.5) is 0 Å². The van der Waals surface area contributed by atoms with Crippen molar-refractivity contribution in [2.24, 2.45) is 5.92 Å². The molecule has 1 aromatic carbocycles. The number of nitrogens with one attached hydrogen (secondary N) is 1. The second kappa shape index (κ2) is 6.99. The predicted octanol–water partition coefficient (Wildman–Crippen LogP) is 1.40. The molecule has 21 heavy (non-hydrogen) atoms. The maximum Gasteiger partial charge on any atom is 0.251 e. The van der Waals surface area contributed by atoms with Crippen LogP contribution < -0.4 is 5.32 Å². The lowest BCUT2D eigenvalue weighted by atomic mass is 10.0. The molecule has 1 amide bonds. The second-order valence-electron chi connectivity index (χ2n) is 5.38. The van der Waals surface area contributed by atoms with E-state index >= 15 is 0 Å². The maximum atomic E-state index is 12.1. The van der Waals surface area contributed by atoms with E-state index in [-0.39, 0.29) is 18.6 Å². The van der Waals surface area contributed by atoms with Crippen LogP contribution in [0.5, 0.6) is 0 Å². The molecule has 2 rings (SSSR count). The van der Waals surface area contributed by atoms with Crippen molar-refractivity contribution in [3.05, 3.63) is 42.2 Å². The molecule has 6 heteroatoms. The molecule has 0 aliphatic carbocycles. The van der Waals surface area contributed by atoms with Crippen molar-refractivity contribution in [1.82, 2.24) is 20.3 Å². The monoisotopic (exact) mass is 288 g/mol. The standard InChI is InChI=1S/C15H20N4O2/c1-11(2)9-13(10-20)17-15(21)12-3-5-14(6-4-12)19-8-7-16-18-19/h3-8,11,13,20H,9-10H2,1-2H3,(H,17,21). The zero-order chi connectivity index (χ0) is 15.2. The van der Waals surface area contributed by atoms with Crippen LogP contribution in [0, 0.1) is 5.92 Å². The molecule has 2 N–H and O–H groups in total. The number of hydrogen-bond acceptors (Lipinski definition) is 4. The van der Waals surface area contributed by atoms with E-state index in [2.05, 4.69) is 29.5 Å². The number of benzene rings is 1. The fourth-order valence-corrected chi connectivity index (χ4v) is 2.13. The van der Waals surface area contributed by atoms with Crippen molar-refractivity contribution in [3.63, 3.8) is 0 Å². The summed E-state index contributed by atoms with van der Waals surface area (Å²) in [4.78, 5) is 12.1. The van der Waals surface area contributed by atoms with Gasteiger partial charge in [-0.3, -0.25) is 4.79 Å². The quantitative estimate of drug-likeness (QED) is 0.842. The van der Waals surface area contributed by atoms with Crippen LogP contribution >= 0.6 is 0 Å². The van der Waals surface area contributed by atoms with Crippen LogP contribution in [0.15, 0.2) is 36.7 Å². The molecule has 1 atom stereocenters. The second-order valence-corrected chi connectivity index (χ2v) is 5.38. The largest absolute Gasteiger partial charge is 0.394 e. The number of aliphatic hydroxyl groups excluding tert-OH is 1. The summed E-state index contributed by atoms with van der Waals surface area (Å²) < 4.78 is 1.62. The number of aromatic nitrogens is 3. The van der Waals surface area contributed by atoms with Gasteiger partial charge in [0.25, 0.3) is 5.91 Å². The van der Waals surface area contributed by atoms with Crippen LogP contribution in [0.25, 0.3) is 5.69 Å². The lowest BCUT2D eigenvalue weighted by Crippen LogP contribution is -2.38. The van der Waals surface area contributed by atoms with E-state index in [1.54, 1.807) is 41.3 Å². The molecule has 0 aliphatic heterocycles. The minimum atomic E-state index is -0.215. The molecule has 0 bridgehead atoms. The number of carbonyl (C=O) groups excluding carboxylic acids is 1. The number of carbonyl (C=O) groups is 1. The van der Waals surface area contributed by atoms with E-state index in [9.17, 15) is 9.90 Å². The van der Waals surface area contributed by atoms with E-state index < -0.39 is 0 Å². The molecule has 1 unspecified atom stereocenters. The van der Waals surface area contributed by atoms with Gasteiger partial charge in [-0.05, 0) is 36.6 Å². The molecule has 2 aromatic rings. The third-order valence-corrected chi connectivity index (χ3v) is 3.13. The highest BCUT2D eigenvalue weighted by atomic mass is 16.3. The molecule has 0 radical (unpaired) electrons. The Balaban J connectivity index is 2.02. The number of nitrogens with zero attached hydrogens (tertiary/aromatic N) is 3. The molecular weight excluding hydrogens is 268 g/mol. The first-order chi connectivity index (χ1) is 10.1. The van der Waals surface area contributed by atoms with Gasteiger partial charge in [0.15, 0.2) is 0 Å². The van der Waals surface area contributed by atoms with E-state index in [0.29, 0.717) is 11.5 Å². The number of hydrogen-bond donors (Lipinski definition) is 2. The summed E-state index contributed by atoms with van der Waals surface area (Å²) in [5.74, 6) is 0.233. The molecule has 1 heterocycles. The number of aliphatic hydroxyl groups is 1. The topological polar surface area (TPSA) is 80.0 Å². The van der Waals surface area contributed by atoms with Gasteiger partial charge in [0.05, 0.1) is 30.7 Å². The Hall–Kier alpha value is -2.21. The molecule has 0 saturated heterocycles. The average Bonchev–Trinajstić information content (AvgIpc) is 3.00. The molecular formula is C15H20N4O2. The smallest absolute Gasteiger partial charge is 0.251 e. The summed E-state index contributed by atoms with van der Waals surface area (Å²) in [6.07, 6.45) is 4.08. The Morgan fingerprint density at radius 3 is 2.57 bits per heavy atom. The van der Waals surface area contributed by atoms with Crippen LogP contribution in [-0.2, 0) is 0 Å². The third-order valence-electron chi connectivity index (χ3n) is 3.13. The van der Waals surface area contributed by atoms with Gasteiger partial charge in [-0.25, -0.2) is 4.68 Å². The lowest BCUT2D eigenvalue weighted by molar-refractivity contribution is 0.0908. The normalized spacial score (nSPS) is 12.4. The van der Waals surface area contributed by atoms with Gasteiger partial charge in [-0.2, -0.15) is 0 Å². The molecule has 1 aromatic heterocycles. The first-order valence-corrected chi connectivity index (χ1v) is 6.98. The zero-order valence-corrected chi connectivity index (χ0v) is 12.2. The minimum Gasteiger partial charge on any atom is -0.394 e. The van der Waals surface area contributed by atoms with Crippen molar-refractivity contribution in [2.75, 3.05) is 6.61 Å². The summed E-state index contributed by atoms with van der Waals surface area (Å²) in [6, 6.07) is 6.86. The number of amides is 1. The van der Waals surface area contributed by atoms with Crippen LogP contribution in [0.1, 0.15) is 30.6 Å². The summed E-state index contributed by atoms with van der Waals surface area (Å²) in [6.45, 7) is 4.06. The van der Waals surface area contributed by atoms with E-state index in [1.807, 2.05) is 0 Å². The van der Waals surface area contributed by atoms with Crippen molar-refractivity contribution in [2.45, 2.75) is 26.3 Å². The highest BCUT2D eigenvalue weighted by Gasteiger charge is 2.14. The number of rotatable bonds is 6. The summed E-state index contributed by atoms with van der Waals surface area (Å²) in [5, 5.41) is 19.8. The van der Waals surface area contributed by atoms with Gasteiger partial charge < -0.3 is 10.4 Å². The maximum absolute atomic E-state index is 12.1. The van der Waals surface area contributed by atoms with Crippen LogP contribution in [0.2, 0.25) is 0 Å². The summed E-state index contributed by atoms with van der Waals surface area (Å²) >= 11 is 0. The molecule has 0 saturated carbocycles. The van der Waals surface area contributed by atoms with Crippen LogP contribution in [-0.4, -0.2) is 38.7 Å². The fraction of sp³-hybridized carbons (Fsp3) is 0.400. The highest BCUT2D eigenvalue weighted by Crippen LogP contribution is 2.10. The molecule has 0 fully saturated rings. The molecule has 112 valence electrons.